The summed E-state index contributed by atoms with van der Waals surface area (Å²) in [7, 11) is 1.62. The molecule has 1 N–H and O–H groups in total. The first-order valence-electron chi connectivity index (χ1n) is 7.78. The van der Waals surface area contributed by atoms with Crippen LogP contribution < -0.4 is 10.1 Å². The van der Waals surface area contributed by atoms with Gasteiger partial charge in [-0.2, -0.15) is 0 Å². The lowest BCUT2D eigenvalue weighted by molar-refractivity contribution is 0.0954. The Kier molecular flexibility index (Phi) is 5.36. The van der Waals surface area contributed by atoms with Gasteiger partial charge in [-0.3, -0.25) is 4.79 Å². The van der Waals surface area contributed by atoms with Crippen molar-refractivity contribution >= 4 is 17.5 Å². The molecular formula is C19H17ClN2O3. The molecule has 0 saturated heterocycles. The standard InChI is InChI=1S/C19H17ClN2O3/c1-24-17-7-5-13(6-8-17)19-22-16(12-25-19)9-10-21-18(23)14-3-2-4-15(20)11-14/h2-8,11-12H,9-10H2,1H3,(H,21,23). The molecule has 0 atom stereocenters. The normalized spacial score (nSPS) is 10.5. The van der Waals surface area contributed by atoms with Gasteiger partial charge in [0.25, 0.3) is 5.91 Å². The van der Waals surface area contributed by atoms with Crippen molar-refractivity contribution in [2.45, 2.75) is 6.42 Å². The van der Waals surface area contributed by atoms with Crippen LogP contribution in [0.2, 0.25) is 5.02 Å². The van der Waals surface area contributed by atoms with E-state index in [0.29, 0.717) is 29.4 Å². The summed E-state index contributed by atoms with van der Waals surface area (Å²) in [6, 6.07) is 14.3. The summed E-state index contributed by atoms with van der Waals surface area (Å²) in [5.41, 5.74) is 2.18. The van der Waals surface area contributed by atoms with E-state index in [1.54, 1.807) is 37.6 Å². The van der Waals surface area contributed by atoms with E-state index in [0.717, 1.165) is 17.0 Å². The maximum atomic E-state index is 12.0. The van der Waals surface area contributed by atoms with Crippen molar-refractivity contribution in [1.29, 1.82) is 0 Å². The Morgan fingerprint density at radius 2 is 2.04 bits per heavy atom. The van der Waals surface area contributed by atoms with Gasteiger partial charge in [0, 0.05) is 29.1 Å². The molecule has 1 amide bonds. The summed E-state index contributed by atoms with van der Waals surface area (Å²) in [5, 5.41) is 3.38. The third kappa shape index (κ3) is 4.39. The topological polar surface area (TPSA) is 64.4 Å². The van der Waals surface area contributed by atoms with Crippen molar-refractivity contribution in [3.8, 4) is 17.2 Å². The molecule has 25 heavy (non-hydrogen) atoms. The van der Waals surface area contributed by atoms with E-state index in [9.17, 15) is 4.79 Å². The highest BCUT2D eigenvalue weighted by atomic mass is 35.5. The summed E-state index contributed by atoms with van der Waals surface area (Å²) in [5.74, 6) is 1.15. The number of amides is 1. The summed E-state index contributed by atoms with van der Waals surface area (Å²) in [4.78, 5) is 16.5. The predicted octanol–water partition coefficient (Wildman–Crippen LogP) is 3.98. The highest BCUT2D eigenvalue weighted by molar-refractivity contribution is 6.30. The van der Waals surface area contributed by atoms with E-state index < -0.39 is 0 Å². The molecule has 0 radical (unpaired) electrons. The Bertz CT molecular complexity index is 859. The zero-order valence-electron chi connectivity index (χ0n) is 13.7. The average molecular weight is 357 g/mol. The summed E-state index contributed by atoms with van der Waals surface area (Å²) in [6.45, 7) is 0.458. The van der Waals surface area contributed by atoms with Crippen LogP contribution >= 0.6 is 11.6 Å². The molecule has 3 aromatic rings. The predicted molar refractivity (Wildman–Crippen MR) is 96.0 cm³/mol. The van der Waals surface area contributed by atoms with Crippen LogP contribution in [0.15, 0.2) is 59.2 Å². The Balaban J connectivity index is 1.55. The Morgan fingerprint density at radius 3 is 2.76 bits per heavy atom. The number of nitrogens with zero attached hydrogens (tertiary/aromatic N) is 1. The van der Waals surface area contributed by atoms with Gasteiger partial charge < -0.3 is 14.5 Å². The highest BCUT2D eigenvalue weighted by Gasteiger charge is 2.09. The number of hydrogen-bond acceptors (Lipinski definition) is 4. The second-order valence-electron chi connectivity index (χ2n) is 5.39. The number of rotatable bonds is 6. The summed E-state index contributed by atoms with van der Waals surface area (Å²) in [6.07, 6.45) is 2.18. The highest BCUT2D eigenvalue weighted by Crippen LogP contribution is 2.21. The molecule has 0 bridgehead atoms. The zero-order chi connectivity index (χ0) is 17.6. The lowest BCUT2D eigenvalue weighted by atomic mass is 10.2. The molecule has 0 unspecified atom stereocenters. The Labute approximate surface area is 150 Å². The number of benzene rings is 2. The number of ether oxygens (including phenoxy) is 1. The third-order valence-corrected chi connectivity index (χ3v) is 3.88. The quantitative estimate of drug-likeness (QED) is 0.725. The molecular weight excluding hydrogens is 340 g/mol. The molecule has 5 nitrogen and oxygen atoms in total. The average Bonchev–Trinajstić information content (AvgIpc) is 3.10. The van der Waals surface area contributed by atoms with Crippen molar-refractivity contribution < 1.29 is 13.9 Å². The van der Waals surface area contributed by atoms with Gasteiger partial charge in [0.2, 0.25) is 5.89 Å². The van der Waals surface area contributed by atoms with Gasteiger partial charge in [0.15, 0.2) is 0 Å². The molecule has 0 aliphatic rings. The number of carbonyl (C=O) groups excluding carboxylic acids is 1. The second kappa shape index (κ2) is 7.85. The van der Waals surface area contributed by atoms with E-state index in [4.69, 9.17) is 20.8 Å². The van der Waals surface area contributed by atoms with Gasteiger partial charge in [-0.05, 0) is 42.5 Å². The molecule has 3 rings (SSSR count). The van der Waals surface area contributed by atoms with Crippen LogP contribution in [0.4, 0.5) is 0 Å². The second-order valence-corrected chi connectivity index (χ2v) is 5.83. The van der Waals surface area contributed by atoms with Gasteiger partial charge in [0.05, 0.1) is 12.8 Å². The molecule has 0 spiro atoms. The van der Waals surface area contributed by atoms with Crippen LogP contribution in [-0.2, 0) is 6.42 Å². The fourth-order valence-electron chi connectivity index (χ4n) is 2.32. The lowest BCUT2D eigenvalue weighted by Crippen LogP contribution is -2.25. The molecule has 0 saturated carbocycles. The minimum absolute atomic E-state index is 0.165. The van der Waals surface area contributed by atoms with Gasteiger partial charge >= 0.3 is 0 Å². The molecule has 1 aromatic heterocycles. The molecule has 2 aromatic carbocycles. The molecule has 6 heteroatoms. The van der Waals surface area contributed by atoms with Crippen molar-refractivity contribution in [3.63, 3.8) is 0 Å². The molecule has 1 heterocycles. The third-order valence-electron chi connectivity index (χ3n) is 3.64. The van der Waals surface area contributed by atoms with Gasteiger partial charge in [0.1, 0.15) is 12.0 Å². The Morgan fingerprint density at radius 1 is 1.24 bits per heavy atom. The van der Waals surface area contributed by atoms with Crippen LogP contribution in [0.5, 0.6) is 5.75 Å². The first-order valence-corrected chi connectivity index (χ1v) is 8.16. The monoisotopic (exact) mass is 356 g/mol. The van der Waals surface area contributed by atoms with Gasteiger partial charge in [-0.15, -0.1) is 0 Å². The molecule has 0 aliphatic carbocycles. The van der Waals surface area contributed by atoms with E-state index in [2.05, 4.69) is 10.3 Å². The number of oxazole rings is 1. The number of aromatic nitrogens is 1. The SMILES string of the molecule is COc1ccc(-c2nc(CCNC(=O)c3cccc(Cl)c3)co2)cc1. The minimum atomic E-state index is -0.165. The van der Waals surface area contributed by atoms with Crippen LogP contribution in [0.3, 0.4) is 0 Å². The van der Waals surface area contributed by atoms with Gasteiger partial charge in [-0.1, -0.05) is 17.7 Å². The zero-order valence-corrected chi connectivity index (χ0v) is 14.4. The summed E-state index contributed by atoms with van der Waals surface area (Å²) < 4.78 is 10.6. The number of hydrogen-bond donors (Lipinski definition) is 1. The first-order chi connectivity index (χ1) is 12.2. The van der Waals surface area contributed by atoms with Crippen LogP contribution in [-0.4, -0.2) is 24.5 Å². The van der Waals surface area contributed by atoms with E-state index in [-0.39, 0.29) is 5.91 Å². The maximum Gasteiger partial charge on any atom is 0.251 e. The molecule has 128 valence electrons. The largest absolute Gasteiger partial charge is 0.497 e. The minimum Gasteiger partial charge on any atom is -0.497 e. The smallest absolute Gasteiger partial charge is 0.251 e. The van der Waals surface area contributed by atoms with Crippen LogP contribution in [0.1, 0.15) is 16.1 Å². The first kappa shape index (κ1) is 17.0. The fraction of sp³-hybridized carbons (Fsp3) is 0.158. The van der Waals surface area contributed by atoms with E-state index >= 15 is 0 Å². The van der Waals surface area contributed by atoms with Crippen LogP contribution in [0.25, 0.3) is 11.5 Å². The van der Waals surface area contributed by atoms with E-state index in [1.165, 1.54) is 0 Å². The fourth-order valence-corrected chi connectivity index (χ4v) is 2.51. The number of carbonyl (C=O) groups is 1. The van der Waals surface area contributed by atoms with Gasteiger partial charge in [-0.25, -0.2) is 4.98 Å². The number of halogens is 1. The molecule has 0 aliphatic heterocycles. The van der Waals surface area contributed by atoms with E-state index in [1.807, 2.05) is 24.3 Å². The van der Waals surface area contributed by atoms with Crippen molar-refractivity contribution in [3.05, 3.63) is 71.1 Å². The van der Waals surface area contributed by atoms with Crippen molar-refractivity contribution in [2.75, 3.05) is 13.7 Å². The lowest BCUT2D eigenvalue weighted by Gasteiger charge is -2.04. The Hall–Kier alpha value is -2.79. The number of methoxy groups -OCH3 is 1. The van der Waals surface area contributed by atoms with Crippen molar-refractivity contribution in [2.24, 2.45) is 0 Å². The van der Waals surface area contributed by atoms with Crippen LogP contribution in [0, 0.1) is 0 Å². The summed E-state index contributed by atoms with van der Waals surface area (Å²) >= 11 is 5.89. The molecule has 0 fully saturated rings. The van der Waals surface area contributed by atoms with Crippen molar-refractivity contribution in [1.82, 2.24) is 10.3 Å². The number of nitrogens with one attached hydrogen (secondary N) is 1. The maximum absolute atomic E-state index is 12.0.